The fraction of sp³-hybridized carbons (Fsp3) is 0.633. The zero-order valence-corrected chi connectivity index (χ0v) is 24.0. The molecule has 0 bridgehead atoms. The number of carbonyl (C=O) groups is 2. The Morgan fingerprint density at radius 3 is 1.80 bits per heavy atom. The number of nitrogens with zero attached hydrogens (tertiary/aromatic N) is 1. The van der Waals surface area contributed by atoms with Gasteiger partial charge in [0.2, 0.25) is 0 Å². The van der Waals surface area contributed by atoms with Gasteiger partial charge in [0.25, 0.3) is 0 Å². The van der Waals surface area contributed by atoms with Crippen LogP contribution in [0.25, 0.3) is 0 Å². The third-order valence-electron chi connectivity index (χ3n) is 5.14. The highest BCUT2D eigenvalue weighted by Gasteiger charge is 2.15. The first-order chi connectivity index (χ1) is 16.6. The van der Waals surface area contributed by atoms with Crippen LogP contribution in [0, 0.1) is 29.1 Å². The van der Waals surface area contributed by atoms with Crippen LogP contribution < -0.4 is 5.32 Å². The molecule has 1 rings (SSSR count). The average molecular weight is 487 g/mol. The number of ketones is 2. The predicted octanol–water partition coefficient (Wildman–Crippen LogP) is 7.72. The largest absolute Gasteiger partial charge is 0.369 e. The molecule has 5 heteroatoms. The minimum Gasteiger partial charge on any atom is -0.369 e. The van der Waals surface area contributed by atoms with Crippen LogP contribution in [0.3, 0.4) is 0 Å². The fourth-order valence-electron chi connectivity index (χ4n) is 3.19. The highest BCUT2D eigenvalue weighted by Crippen LogP contribution is 2.21. The number of hydrogen-bond donors (Lipinski definition) is 1. The molecule has 0 fully saturated rings. The number of nitrogens with one attached hydrogen (secondary N) is 1. The Bertz CT molecular complexity index is 779. The zero-order valence-electron chi connectivity index (χ0n) is 24.0. The van der Waals surface area contributed by atoms with Gasteiger partial charge in [-0.1, -0.05) is 112 Å². The van der Waals surface area contributed by atoms with E-state index >= 15 is 0 Å². The maximum Gasteiger partial charge on any atom is 0.187 e. The molecule has 0 aromatic heterocycles. The van der Waals surface area contributed by atoms with Gasteiger partial charge in [-0.3, -0.25) is 9.59 Å². The number of nitriles is 1. The molecule has 1 aromatic rings. The molecular weight excluding hydrogens is 436 g/mol. The molecular formula is C30H50N2O3. The molecule has 0 aliphatic heterocycles. The number of benzene rings is 1. The van der Waals surface area contributed by atoms with E-state index in [9.17, 15) is 14.4 Å². The van der Waals surface area contributed by atoms with E-state index in [1.807, 2.05) is 46.8 Å². The van der Waals surface area contributed by atoms with Crippen LogP contribution in [0.1, 0.15) is 117 Å². The summed E-state index contributed by atoms with van der Waals surface area (Å²) < 4.78 is 0. The molecule has 0 aliphatic rings. The van der Waals surface area contributed by atoms with E-state index in [0.29, 0.717) is 12.0 Å². The minimum atomic E-state index is -0.373. The topological polar surface area (TPSA) is 87.0 Å². The highest BCUT2D eigenvalue weighted by atomic mass is 16.1. The van der Waals surface area contributed by atoms with E-state index in [4.69, 9.17) is 5.26 Å². The molecule has 0 aliphatic carbocycles. The summed E-state index contributed by atoms with van der Waals surface area (Å²) in [7, 11) is 0. The number of Topliss-reactive ketones (excluding diaryl/α,β-unsaturated/α-hetero) is 2. The molecule has 1 aromatic carbocycles. The number of hydrogen-bond acceptors (Lipinski definition) is 5. The Labute approximate surface area is 215 Å². The molecule has 0 atom stereocenters. The van der Waals surface area contributed by atoms with Gasteiger partial charge in [-0.15, -0.1) is 0 Å². The first kappa shape index (κ1) is 36.9. The van der Waals surface area contributed by atoms with Crippen LogP contribution in [0.5, 0.6) is 0 Å². The Balaban J connectivity index is -0.000000536. The quantitative estimate of drug-likeness (QED) is 0.196. The number of allylic oxidation sites excluding steroid dienone is 1. The van der Waals surface area contributed by atoms with Crippen molar-refractivity contribution in [3.63, 3.8) is 0 Å². The van der Waals surface area contributed by atoms with Crippen molar-refractivity contribution in [3.8, 4) is 6.07 Å². The second kappa shape index (κ2) is 24.4. The summed E-state index contributed by atoms with van der Waals surface area (Å²) in [6.45, 7) is 20.3. The lowest BCUT2D eigenvalue weighted by Crippen LogP contribution is -2.21. The second-order valence-corrected chi connectivity index (χ2v) is 8.66. The molecule has 0 unspecified atom stereocenters. The first-order valence-electron chi connectivity index (χ1n) is 13.1. The number of carbonyl (C=O) groups excluding carboxylic acids is 3. The third kappa shape index (κ3) is 18.3. The van der Waals surface area contributed by atoms with Crippen molar-refractivity contribution in [1.82, 2.24) is 5.32 Å². The number of rotatable bonds is 11. The van der Waals surface area contributed by atoms with E-state index in [-0.39, 0.29) is 29.7 Å². The molecule has 5 nitrogen and oxygen atoms in total. The van der Waals surface area contributed by atoms with Crippen LogP contribution in [0.2, 0.25) is 0 Å². The molecule has 35 heavy (non-hydrogen) atoms. The molecule has 0 amide bonds. The van der Waals surface area contributed by atoms with Crippen molar-refractivity contribution in [2.24, 2.45) is 17.8 Å². The van der Waals surface area contributed by atoms with Crippen LogP contribution in [-0.2, 0) is 16.1 Å². The lowest BCUT2D eigenvalue weighted by atomic mass is 9.88. The van der Waals surface area contributed by atoms with E-state index in [2.05, 4.69) is 33.0 Å². The smallest absolute Gasteiger partial charge is 0.187 e. The monoisotopic (exact) mass is 486 g/mol. The van der Waals surface area contributed by atoms with Crippen molar-refractivity contribution in [3.05, 3.63) is 41.1 Å². The lowest BCUT2D eigenvalue weighted by molar-refractivity contribution is -0.113. The maximum absolute atomic E-state index is 12.0. The molecule has 0 spiro atoms. The van der Waals surface area contributed by atoms with Crippen LogP contribution in [0.4, 0.5) is 0 Å². The minimum absolute atomic E-state index is 0.0388. The predicted molar refractivity (Wildman–Crippen MR) is 148 cm³/mol. The molecule has 0 saturated heterocycles. The summed E-state index contributed by atoms with van der Waals surface area (Å²) in [6, 6.07) is 9.08. The van der Waals surface area contributed by atoms with Gasteiger partial charge in [-0.05, 0) is 17.4 Å². The summed E-state index contributed by atoms with van der Waals surface area (Å²) in [6.07, 6.45) is 6.17. The second-order valence-electron chi connectivity index (χ2n) is 8.66. The van der Waals surface area contributed by atoms with Crippen LogP contribution in [-0.4, -0.2) is 17.5 Å². The van der Waals surface area contributed by atoms with Crippen LogP contribution >= 0.6 is 0 Å². The maximum atomic E-state index is 12.0. The van der Waals surface area contributed by atoms with Gasteiger partial charge in [0.15, 0.2) is 23.2 Å². The molecule has 0 heterocycles. The normalized spacial score (nSPS) is 9.37. The van der Waals surface area contributed by atoms with Gasteiger partial charge < -0.3 is 5.32 Å². The summed E-state index contributed by atoms with van der Waals surface area (Å²) >= 11 is 0. The van der Waals surface area contributed by atoms with Gasteiger partial charge in [0.1, 0.15) is 0 Å². The van der Waals surface area contributed by atoms with Gasteiger partial charge in [0, 0.05) is 31.4 Å². The van der Waals surface area contributed by atoms with Crippen molar-refractivity contribution in [2.75, 3.05) is 0 Å². The van der Waals surface area contributed by atoms with Crippen molar-refractivity contribution in [1.29, 1.82) is 5.26 Å². The van der Waals surface area contributed by atoms with Gasteiger partial charge in [0.05, 0.1) is 6.07 Å². The van der Waals surface area contributed by atoms with Crippen molar-refractivity contribution in [2.45, 2.75) is 108 Å². The Kier molecular flexibility index (Phi) is 25.7. The third-order valence-corrected chi connectivity index (χ3v) is 5.14. The summed E-state index contributed by atoms with van der Waals surface area (Å²) in [5, 5.41) is 10.3. The molecule has 198 valence electrons. The van der Waals surface area contributed by atoms with Gasteiger partial charge in [-0.25, -0.2) is 4.79 Å². The van der Waals surface area contributed by atoms with Crippen molar-refractivity contribution >= 4 is 17.5 Å². The summed E-state index contributed by atoms with van der Waals surface area (Å²) in [4.78, 5) is 33.7. The van der Waals surface area contributed by atoms with Gasteiger partial charge >= 0.3 is 0 Å². The average Bonchev–Trinajstić information content (AvgIpc) is 2.85. The van der Waals surface area contributed by atoms with E-state index < -0.39 is 0 Å². The summed E-state index contributed by atoms with van der Waals surface area (Å²) in [5.74, 6) is 3.00. The lowest BCUT2D eigenvalue weighted by Gasteiger charge is -2.18. The zero-order chi connectivity index (χ0) is 27.8. The Morgan fingerprint density at radius 2 is 1.46 bits per heavy atom. The van der Waals surface area contributed by atoms with Crippen LogP contribution in [0.15, 0.2) is 30.0 Å². The Morgan fingerprint density at radius 1 is 0.971 bits per heavy atom. The van der Waals surface area contributed by atoms with E-state index in [1.165, 1.54) is 32.6 Å². The van der Waals surface area contributed by atoms with E-state index in [1.54, 1.807) is 24.1 Å². The molecule has 0 saturated carbocycles. The SMILES string of the molecule is CC.CC(=O)C(=C=O)NCc1ccccc1C(=O)C(C)C.CCC#N.CCCC(CCC)C(C)C. The van der Waals surface area contributed by atoms with Gasteiger partial charge in [-0.2, -0.15) is 5.26 Å². The van der Waals surface area contributed by atoms with E-state index in [0.717, 1.165) is 17.4 Å². The summed E-state index contributed by atoms with van der Waals surface area (Å²) in [5.41, 5.74) is 1.26. The first-order valence-corrected chi connectivity index (χ1v) is 13.1. The molecule has 0 radical (unpaired) electrons. The highest BCUT2D eigenvalue weighted by molar-refractivity contribution is 6.00. The Hall–Kier alpha value is -2.70. The molecule has 1 N–H and O–H groups in total. The standard InChI is InChI=1S/C15H17NO3.C10H22.C3H5N.C2H6/c1-10(2)15(19)13-7-5-4-6-12(13)8-16-14(9-17)11(3)18;1-5-7-10(8-6-2)9(3)4;1-2-3-4;1-2/h4-7,10,16H,8H2,1-3H3;9-10H,5-8H2,1-4H3;2H2,1H3;1-2H3. The fourth-order valence-corrected chi connectivity index (χ4v) is 3.19. The van der Waals surface area contributed by atoms with Crippen molar-refractivity contribution < 1.29 is 14.4 Å².